The fourth-order valence-corrected chi connectivity index (χ4v) is 3.55. The third-order valence-corrected chi connectivity index (χ3v) is 5.02. The van der Waals surface area contributed by atoms with E-state index in [9.17, 15) is 18.0 Å². The predicted octanol–water partition coefficient (Wildman–Crippen LogP) is 4.75. The maximum atomic E-state index is 12.6. The van der Waals surface area contributed by atoms with E-state index in [1.165, 1.54) is 12.1 Å². The van der Waals surface area contributed by atoms with Crippen LogP contribution in [0.5, 0.6) is 5.75 Å². The number of hydrazone groups is 1. The molecule has 1 fully saturated rings. The Hall–Kier alpha value is -3.09. The number of benzene rings is 2. The monoisotopic (exact) mass is 400 g/mol. The first-order valence-electron chi connectivity index (χ1n) is 9.39. The van der Waals surface area contributed by atoms with E-state index in [0.29, 0.717) is 5.56 Å². The Labute approximate surface area is 166 Å². The van der Waals surface area contributed by atoms with Crippen LogP contribution >= 0.6 is 0 Å². The Morgan fingerprint density at radius 1 is 1.14 bits per heavy atom. The number of carbonyl (C=O) groups excluding carboxylic acids is 1. The Morgan fingerprint density at radius 2 is 1.90 bits per heavy atom. The number of rotatable bonds is 3. The van der Waals surface area contributed by atoms with Crippen molar-refractivity contribution in [3.63, 3.8) is 0 Å². The van der Waals surface area contributed by atoms with Crippen molar-refractivity contribution in [1.29, 1.82) is 0 Å². The summed E-state index contributed by atoms with van der Waals surface area (Å²) in [6.45, 7) is 0. The van der Waals surface area contributed by atoms with Gasteiger partial charge in [0.15, 0.2) is 0 Å². The Bertz CT molecular complexity index is 978. The summed E-state index contributed by atoms with van der Waals surface area (Å²) in [5, 5.41) is 4.28. The highest BCUT2D eigenvalue weighted by Crippen LogP contribution is 2.35. The largest absolute Gasteiger partial charge is 0.485 e. The number of nitrogens with one attached hydrogen (secondary N) is 1. The molecule has 2 aliphatic rings. The van der Waals surface area contributed by atoms with Crippen molar-refractivity contribution in [3.05, 3.63) is 70.8 Å². The number of nitrogens with zero attached hydrogens (tertiary/aromatic N) is 1. The van der Waals surface area contributed by atoms with Crippen LogP contribution in [0.1, 0.15) is 36.0 Å². The van der Waals surface area contributed by atoms with Gasteiger partial charge in [0.05, 0.1) is 17.7 Å². The van der Waals surface area contributed by atoms with Crippen LogP contribution in [0.2, 0.25) is 0 Å². The van der Waals surface area contributed by atoms with Crippen LogP contribution in [-0.2, 0) is 17.4 Å². The number of halogens is 3. The highest BCUT2D eigenvalue weighted by atomic mass is 19.4. The topological polar surface area (TPSA) is 50.7 Å². The van der Waals surface area contributed by atoms with Gasteiger partial charge in [0.25, 0.3) is 0 Å². The van der Waals surface area contributed by atoms with Crippen molar-refractivity contribution >= 4 is 17.7 Å². The van der Waals surface area contributed by atoms with Gasteiger partial charge in [0.2, 0.25) is 5.91 Å². The molecule has 2 aromatic carbocycles. The Morgan fingerprint density at radius 3 is 2.66 bits per heavy atom. The molecule has 1 aliphatic heterocycles. The molecule has 0 aromatic heterocycles. The summed E-state index contributed by atoms with van der Waals surface area (Å²) in [5.74, 6) is 0.464. The Kier molecular flexibility index (Phi) is 5.13. The van der Waals surface area contributed by atoms with Crippen LogP contribution in [0.25, 0.3) is 6.08 Å². The second-order valence-electron chi connectivity index (χ2n) is 7.10. The molecule has 1 saturated carbocycles. The molecule has 0 spiro atoms. The van der Waals surface area contributed by atoms with Gasteiger partial charge in [-0.25, -0.2) is 5.43 Å². The smallest absolute Gasteiger partial charge is 0.416 e. The van der Waals surface area contributed by atoms with Crippen molar-refractivity contribution in [2.24, 2.45) is 5.10 Å². The number of carbonyl (C=O) groups is 1. The molecular formula is C22H19F3N2O2. The maximum Gasteiger partial charge on any atom is 0.416 e. The lowest BCUT2D eigenvalue weighted by atomic mass is 9.87. The lowest BCUT2D eigenvalue weighted by molar-refractivity contribution is -0.137. The molecule has 0 saturated heterocycles. The van der Waals surface area contributed by atoms with Gasteiger partial charge in [-0.05, 0) is 49.1 Å². The van der Waals surface area contributed by atoms with Crippen LogP contribution < -0.4 is 10.2 Å². The van der Waals surface area contributed by atoms with E-state index in [1.54, 1.807) is 0 Å². The second kappa shape index (κ2) is 7.73. The van der Waals surface area contributed by atoms with E-state index in [-0.39, 0.29) is 18.4 Å². The van der Waals surface area contributed by atoms with Gasteiger partial charge in [-0.1, -0.05) is 30.3 Å². The summed E-state index contributed by atoms with van der Waals surface area (Å²) >= 11 is 0. The highest BCUT2D eigenvalue weighted by molar-refractivity contribution is 6.06. The second-order valence-corrected chi connectivity index (χ2v) is 7.10. The third kappa shape index (κ3) is 4.34. The van der Waals surface area contributed by atoms with Gasteiger partial charge in [-0.3, -0.25) is 4.79 Å². The zero-order valence-electron chi connectivity index (χ0n) is 15.5. The average Bonchev–Trinajstić information content (AvgIpc) is 2.70. The fourth-order valence-electron chi connectivity index (χ4n) is 3.55. The standard InChI is InChI=1S/C22H19F3N2O2/c23-22(24,25)16-10-8-14(9-11-16)12-21(28)27-26-18-5-3-7-20-17(18)13-15-4-1-2-6-19(15)29-20/h1-2,4,6,8-11,13,20H,3,5,7,12H2,(H,27,28)/b26-18+. The molecule has 0 bridgehead atoms. The number of alkyl halides is 3. The number of amides is 1. The number of fused-ring (bicyclic) bond motifs is 2. The fraction of sp³-hybridized carbons (Fsp3) is 0.273. The number of para-hydroxylation sites is 1. The van der Waals surface area contributed by atoms with E-state index in [0.717, 1.165) is 54.0 Å². The first-order valence-corrected chi connectivity index (χ1v) is 9.39. The van der Waals surface area contributed by atoms with E-state index in [4.69, 9.17) is 4.74 Å². The van der Waals surface area contributed by atoms with Gasteiger partial charge < -0.3 is 4.74 Å². The third-order valence-electron chi connectivity index (χ3n) is 5.02. The van der Waals surface area contributed by atoms with Gasteiger partial charge in [0, 0.05) is 11.1 Å². The molecule has 1 amide bonds. The molecule has 1 unspecified atom stereocenters. The minimum atomic E-state index is -4.39. The van der Waals surface area contributed by atoms with Crippen LogP contribution in [0.3, 0.4) is 0 Å². The van der Waals surface area contributed by atoms with Crippen LogP contribution in [0.4, 0.5) is 13.2 Å². The summed E-state index contributed by atoms with van der Waals surface area (Å²) in [6.07, 6.45) is 0.0494. The van der Waals surface area contributed by atoms with Crippen LogP contribution in [0, 0.1) is 0 Å². The molecule has 1 heterocycles. The lowest BCUT2D eigenvalue weighted by Gasteiger charge is -2.31. The average molecular weight is 400 g/mol. The zero-order valence-corrected chi connectivity index (χ0v) is 15.5. The minimum Gasteiger partial charge on any atom is -0.485 e. The van der Waals surface area contributed by atoms with Crippen molar-refractivity contribution in [3.8, 4) is 5.75 Å². The normalized spacial score (nSPS) is 19.6. The Balaban J connectivity index is 1.44. The number of hydrogen-bond donors (Lipinski definition) is 1. The van der Waals surface area contributed by atoms with E-state index < -0.39 is 11.7 Å². The van der Waals surface area contributed by atoms with Gasteiger partial charge in [-0.15, -0.1) is 0 Å². The van der Waals surface area contributed by atoms with Crippen LogP contribution in [0.15, 0.2) is 59.2 Å². The van der Waals surface area contributed by atoms with Gasteiger partial charge in [0.1, 0.15) is 11.9 Å². The van der Waals surface area contributed by atoms with Crippen molar-refractivity contribution in [2.75, 3.05) is 0 Å². The van der Waals surface area contributed by atoms with Crippen molar-refractivity contribution < 1.29 is 22.7 Å². The first-order chi connectivity index (χ1) is 13.9. The summed E-state index contributed by atoms with van der Waals surface area (Å²) in [4.78, 5) is 12.2. The molecule has 1 aliphatic carbocycles. The molecule has 4 rings (SSSR count). The zero-order chi connectivity index (χ0) is 20.4. The molecule has 0 radical (unpaired) electrons. The molecule has 1 N–H and O–H groups in total. The summed E-state index contributed by atoms with van der Waals surface area (Å²) in [6, 6.07) is 12.3. The molecule has 1 atom stereocenters. The minimum absolute atomic E-state index is 0.0449. The number of hydrogen-bond acceptors (Lipinski definition) is 3. The quantitative estimate of drug-likeness (QED) is 0.756. The summed E-state index contributed by atoms with van der Waals surface area (Å²) in [7, 11) is 0. The van der Waals surface area contributed by atoms with E-state index in [2.05, 4.69) is 10.5 Å². The first kappa shape index (κ1) is 19.2. The SMILES string of the molecule is O=C(Cc1ccc(C(F)(F)F)cc1)N/N=C1\CCCC2Oc3ccccc3C=C12. The predicted molar refractivity (Wildman–Crippen MR) is 103 cm³/mol. The molecule has 150 valence electrons. The summed E-state index contributed by atoms with van der Waals surface area (Å²) < 4.78 is 43.9. The van der Waals surface area contributed by atoms with Gasteiger partial charge >= 0.3 is 6.18 Å². The van der Waals surface area contributed by atoms with Crippen molar-refractivity contribution in [2.45, 2.75) is 38.0 Å². The lowest BCUT2D eigenvalue weighted by Crippen LogP contribution is -2.33. The van der Waals surface area contributed by atoms with Crippen LogP contribution in [-0.4, -0.2) is 17.7 Å². The van der Waals surface area contributed by atoms with Crippen molar-refractivity contribution in [1.82, 2.24) is 5.43 Å². The molecule has 29 heavy (non-hydrogen) atoms. The molecular weight excluding hydrogens is 381 g/mol. The molecule has 2 aromatic rings. The highest BCUT2D eigenvalue weighted by Gasteiger charge is 2.31. The summed E-state index contributed by atoms with van der Waals surface area (Å²) in [5.41, 5.74) is 5.00. The van der Waals surface area contributed by atoms with E-state index in [1.807, 2.05) is 30.3 Å². The van der Waals surface area contributed by atoms with E-state index >= 15 is 0 Å². The van der Waals surface area contributed by atoms with Gasteiger partial charge in [-0.2, -0.15) is 18.3 Å². The maximum absolute atomic E-state index is 12.6. The number of ether oxygens (including phenoxy) is 1. The molecule has 4 nitrogen and oxygen atoms in total. The molecule has 7 heteroatoms.